The van der Waals surface area contributed by atoms with Gasteiger partial charge in [-0.1, -0.05) is 12.1 Å². The SMILES string of the molecule is CCNC(=O)c1ccc(Oc2ccccc2I)nn1. The van der Waals surface area contributed by atoms with E-state index in [2.05, 4.69) is 38.1 Å². The summed E-state index contributed by atoms with van der Waals surface area (Å²) in [5.41, 5.74) is 0.275. The molecule has 98 valence electrons. The van der Waals surface area contributed by atoms with Crippen molar-refractivity contribution in [3.05, 3.63) is 45.7 Å². The van der Waals surface area contributed by atoms with Gasteiger partial charge in [-0.25, -0.2) is 0 Å². The Morgan fingerprint density at radius 2 is 2.05 bits per heavy atom. The van der Waals surface area contributed by atoms with Crippen LogP contribution in [0.5, 0.6) is 11.6 Å². The Labute approximate surface area is 124 Å². The fourth-order valence-electron chi connectivity index (χ4n) is 1.39. The van der Waals surface area contributed by atoms with Gasteiger partial charge in [-0.15, -0.1) is 10.2 Å². The van der Waals surface area contributed by atoms with Crippen LogP contribution < -0.4 is 10.1 Å². The van der Waals surface area contributed by atoms with Gasteiger partial charge in [-0.05, 0) is 47.7 Å². The average Bonchev–Trinajstić information content (AvgIpc) is 2.42. The van der Waals surface area contributed by atoms with Crippen LogP contribution in [0.4, 0.5) is 0 Å². The lowest BCUT2D eigenvalue weighted by molar-refractivity contribution is 0.0949. The van der Waals surface area contributed by atoms with Crippen molar-refractivity contribution in [1.29, 1.82) is 0 Å². The molecule has 0 fully saturated rings. The van der Waals surface area contributed by atoms with E-state index < -0.39 is 0 Å². The van der Waals surface area contributed by atoms with Crippen molar-refractivity contribution in [3.63, 3.8) is 0 Å². The van der Waals surface area contributed by atoms with Crippen LogP contribution in [-0.4, -0.2) is 22.6 Å². The van der Waals surface area contributed by atoms with Crippen molar-refractivity contribution in [2.45, 2.75) is 6.92 Å². The number of benzene rings is 1. The first-order valence-electron chi connectivity index (χ1n) is 5.75. The van der Waals surface area contributed by atoms with Gasteiger partial charge >= 0.3 is 0 Å². The molecule has 0 bridgehead atoms. The number of nitrogens with one attached hydrogen (secondary N) is 1. The van der Waals surface area contributed by atoms with Crippen LogP contribution in [0.3, 0.4) is 0 Å². The molecule has 19 heavy (non-hydrogen) atoms. The molecular weight excluding hydrogens is 357 g/mol. The van der Waals surface area contributed by atoms with Gasteiger partial charge in [0.05, 0.1) is 3.57 Å². The highest BCUT2D eigenvalue weighted by atomic mass is 127. The summed E-state index contributed by atoms with van der Waals surface area (Å²) in [6.45, 7) is 2.40. The van der Waals surface area contributed by atoms with Gasteiger partial charge in [0.25, 0.3) is 5.91 Å². The molecular formula is C13H12IN3O2. The molecule has 0 unspecified atom stereocenters. The van der Waals surface area contributed by atoms with Crippen molar-refractivity contribution < 1.29 is 9.53 Å². The van der Waals surface area contributed by atoms with E-state index in [1.54, 1.807) is 12.1 Å². The molecule has 1 aromatic heterocycles. The number of carbonyl (C=O) groups excluding carboxylic acids is 1. The zero-order chi connectivity index (χ0) is 13.7. The number of hydrogen-bond donors (Lipinski definition) is 1. The molecule has 5 nitrogen and oxygen atoms in total. The lowest BCUT2D eigenvalue weighted by atomic mass is 10.3. The molecule has 0 radical (unpaired) electrons. The molecule has 0 aliphatic heterocycles. The van der Waals surface area contributed by atoms with E-state index in [-0.39, 0.29) is 11.6 Å². The molecule has 2 aromatic rings. The largest absolute Gasteiger partial charge is 0.436 e. The van der Waals surface area contributed by atoms with Gasteiger partial charge in [-0.2, -0.15) is 0 Å². The third-order valence-electron chi connectivity index (χ3n) is 2.26. The van der Waals surface area contributed by atoms with Gasteiger partial charge in [-0.3, -0.25) is 4.79 Å². The van der Waals surface area contributed by atoms with E-state index in [4.69, 9.17) is 4.74 Å². The summed E-state index contributed by atoms with van der Waals surface area (Å²) in [5.74, 6) is 0.830. The van der Waals surface area contributed by atoms with Gasteiger partial charge in [0.15, 0.2) is 5.69 Å². The Bertz CT molecular complexity index is 572. The second-order valence-corrected chi connectivity index (χ2v) is 4.81. The van der Waals surface area contributed by atoms with Crippen LogP contribution in [0.15, 0.2) is 36.4 Å². The van der Waals surface area contributed by atoms with E-state index in [9.17, 15) is 4.79 Å². The minimum absolute atomic E-state index is 0.240. The van der Waals surface area contributed by atoms with Crippen LogP contribution >= 0.6 is 22.6 Å². The molecule has 1 N–H and O–H groups in total. The number of nitrogens with zero attached hydrogens (tertiary/aromatic N) is 2. The van der Waals surface area contributed by atoms with Gasteiger partial charge in [0.1, 0.15) is 5.75 Å². The van der Waals surface area contributed by atoms with E-state index in [1.807, 2.05) is 31.2 Å². The fraction of sp³-hybridized carbons (Fsp3) is 0.154. The number of amides is 1. The Balaban J connectivity index is 2.11. The Morgan fingerprint density at radius 3 is 2.68 bits per heavy atom. The lowest BCUT2D eigenvalue weighted by Crippen LogP contribution is -2.23. The number of halogens is 1. The Kier molecular flexibility index (Phi) is 4.67. The van der Waals surface area contributed by atoms with Crippen molar-refractivity contribution in [2.24, 2.45) is 0 Å². The van der Waals surface area contributed by atoms with E-state index in [0.29, 0.717) is 18.2 Å². The summed E-state index contributed by atoms with van der Waals surface area (Å²) in [6.07, 6.45) is 0. The first-order valence-corrected chi connectivity index (χ1v) is 6.83. The molecule has 1 amide bonds. The minimum Gasteiger partial charge on any atom is -0.436 e. The number of rotatable bonds is 4. The summed E-state index contributed by atoms with van der Waals surface area (Å²) in [7, 11) is 0. The normalized spacial score (nSPS) is 10.0. The fourth-order valence-corrected chi connectivity index (χ4v) is 1.88. The highest BCUT2D eigenvalue weighted by Gasteiger charge is 2.08. The third kappa shape index (κ3) is 3.63. The van der Waals surface area contributed by atoms with Gasteiger partial charge in [0, 0.05) is 12.6 Å². The first kappa shape index (κ1) is 13.7. The van der Waals surface area contributed by atoms with Crippen LogP contribution in [0.1, 0.15) is 17.4 Å². The van der Waals surface area contributed by atoms with E-state index >= 15 is 0 Å². The maximum absolute atomic E-state index is 11.5. The number of hydrogen-bond acceptors (Lipinski definition) is 4. The van der Waals surface area contributed by atoms with Crippen LogP contribution in [-0.2, 0) is 0 Å². The minimum atomic E-state index is -0.240. The second kappa shape index (κ2) is 6.46. The predicted molar refractivity (Wildman–Crippen MR) is 79.3 cm³/mol. The molecule has 1 heterocycles. The van der Waals surface area contributed by atoms with E-state index in [0.717, 1.165) is 3.57 Å². The van der Waals surface area contributed by atoms with Crippen molar-refractivity contribution in [1.82, 2.24) is 15.5 Å². The average molecular weight is 369 g/mol. The summed E-state index contributed by atoms with van der Waals surface area (Å²) < 4.78 is 6.57. The summed E-state index contributed by atoms with van der Waals surface area (Å²) in [6, 6.07) is 10.8. The molecule has 1 aromatic carbocycles. The van der Waals surface area contributed by atoms with Crippen LogP contribution in [0.2, 0.25) is 0 Å². The highest BCUT2D eigenvalue weighted by molar-refractivity contribution is 14.1. The van der Waals surface area contributed by atoms with Crippen molar-refractivity contribution >= 4 is 28.5 Å². The van der Waals surface area contributed by atoms with Gasteiger partial charge < -0.3 is 10.1 Å². The molecule has 0 saturated carbocycles. The standard InChI is InChI=1S/C13H12IN3O2/c1-2-15-13(18)10-7-8-12(17-16-10)19-11-6-4-3-5-9(11)14/h3-8H,2H2,1H3,(H,15,18). The topological polar surface area (TPSA) is 64.1 Å². The molecule has 2 rings (SSSR count). The molecule has 6 heteroatoms. The molecule has 0 aliphatic carbocycles. The Hall–Kier alpha value is -1.70. The van der Waals surface area contributed by atoms with Crippen LogP contribution in [0, 0.1) is 3.57 Å². The third-order valence-corrected chi connectivity index (χ3v) is 3.15. The summed E-state index contributed by atoms with van der Waals surface area (Å²) in [5, 5.41) is 10.4. The lowest BCUT2D eigenvalue weighted by Gasteiger charge is -2.06. The van der Waals surface area contributed by atoms with Crippen molar-refractivity contribution in [2.75, 3.05) is 6.54 Å². The van der Waals surface area contributed by atoms with Crippen molar-refractivity contribution in [3.8, 4) is 11.6 Å². The summed E-state index contributed by atoms with van der Waals surface area (Å²) >= 11 is 2.18. The maximum atomic E-state index is 11.5. The molecule has 0 atom stereocenters. The zero-order valence-electron chi connectivity index (χ0n) is 10.3. The number of aromatic nitrogens is 2. The van der Waals surface area contributed by atoms with E-state index in [1.165, 1.54) is 0 Å². The Morgan fingerprint density at radius 1 is 1.26 bits per heavy atom. The van der Waals surface area contributed by atoms with Crippen LogP contribution in [0.25, 0.3) is 0 Å². The summed E-state index contributed by atoms with van der Waals surface area (Å²) in [4.78, 5) is 11.5. The number of carbonyl (C=O) groups is 1. The second-order valence-electron chi connectivity index (χ2n) is 3.65. The molecule has 0 spiro atoms. The first-order chi connectivity index (χ1) is 9.20. The molecule has 0 aliphatic rings. The predicted octanol–water partition coefficient (Wildman–Crippen LogP) is 2.62. The number of ether oxygens (including phenoxy) is 1. The molecule has 0 saturated heterocycles. The number of para-hydroxylation sites is 1. The monoisotopic (exact) mass is 369 g/mol. The smallest absolute Gasteiger partial charge is 0.271 e. The zero-order valence-corrected chi connectivity index (χ0v) is 12.4. The van der Waals surface area contributed by atoms with Gasteiger partial charge in [0.2, 0.25) is 5.88 Å². The maximum Gasteiger partial charge on any atom is 0.271 e. The highest BCUT2D eigenvalue weighted by Crippen LogP contribution is 2.24. The quantitative estimate of drug-likeness (QED) is 0.842.